The molecule has 1 fully saturated rings. The van der Waals surface area contributed by atoms with Gasteiger partial charge in [0.1, 0.15) is 24.4 Å². The second-order valence-corrected chi connectivity index (χ2v) is 2.98. The zero-order valence-electron chi connectivity index (χ0n) is 7.33. The molecule has 0 saturated carbocycles. The Morgan fingerprint density at radius 2 is 1.92 bits per heavy atom. The Bertz CT molecular complexity index is 167. The summed E-state index contributed by atoms with van der Waals surface area (Å²) in [6.45, 7) is 0.0335. The molecule has 6 heteroatoms. The fourth-order valence-corrected chi connectivity index (χ4v) is 1.37. The van der Waals surface area contributed by atoms with E-state index in [2.05, 4.69) is 0 Å². The summed E-state index contributed by atoms with van der Waals surface area (Å²) in [7, 11) is 1.32. The van der Waals surface area contributed by atoms with Gasteiger partial charge in [-0.25, -0.2) is 0 Å². The molecule has 1 aliphatic heterocycles. The van der Waals surface area contributed by atoms with Crippen LogP contribution in [0.15, 0.2) is 0 Å². The average Bonchev–Trinajstić information content (AvgIpc) is 2.12. The lowest BCUT2D eigenvalue weighted by atomic mass is 9.99. The highest BCUT2D eigenvalue weighted by Gasteiger charge is 2.43. The lowest BCUT2D eigenvalue weighted by Gasteiger charge is -2.39. The maximum atomic E-state index is 9.44. The zero-order chi connectivity index (χ0) is 10.0. The normalized spacial score (nSPS) is 46.4. The minimum Gasteiger partial charge on any atom is -0.388 e. The number of ether oxygens (including phenoxy) is 2. The van der Waals surface area contributed by atoms with Crippen LogP contribution in [0.2, 0.25) is 0 Å². The summed E-state index contributed by atoms with van der Waals surface area (Å²) >= 11 is 0. The van der Waals surface area contributed by atoms with Crippen molar-refractivity contribution in [3.8, 4) is 0 Å². The molecule has 78 valence electrons. The molecule has 0 bridgehead atoms. The Balaban J connectivity index is 2.66. The number of aliphatic hydroxyl groups excluding tert-OH is 3. The Labute approximate surface area is 75.9 Å². The van der Waals surface area contributed by atoms with Crippen LogP contribution < -0.4 is 5.73 Å². The number of nitrogens with two attached hydrogens (primary N) is 1. The molecule has 13 heavy (non-hydrogen) atoms. The van der Waals surface area contributed by atoms with Gasteiger partial charge in [-0.1, -0.05) is 0 Å². The van der Waals surface area contributed by atoms with Gasteiger partial charge in [0.05, 0.1) is 0 Å². The highest BCUT2D eigenvalue weighted by Crippen LogP contribution is 2.20. The highest BCUT2D eigenvalue weighted by molar-refractivity contribution is 4.89. The molecule has 0 radical (unpaired) electrons. The summed E-state index contributed by atoms with van der Waals surface area (Å²) in [6.07, 6.45) is -5.24. The molecule has 0 amide bonds. The van der Waals surface area contributed by atoms with Crippen molar-refractivity contribution in [3.05, 3.63) is 0 Å². The molecule has 0 aliphatic carbocycles. The van der Waals surface area contributed by atoms with E-state index in [1.165, 1.54) is 7.11 Å². The predicted molar refractivity (Wildman–Crippen MR) is 42.7 cm³/mol. The molecule has 1 rings (SSSR count). The third-order valence-corrected chi connectivity index (χ3v) is 2.17. The van der Waals surface area contributed by atoms with Crippen LogP contribution in [0.5, 0.6) is 0 Å². The van der Waals surface area contributed by atoms with Crippen molar-refractivity contribution in [2.24, 2.45) is 5.73 Å². The molecule has 0 spiro atoms. The van der Waals surface area contributed by atoms with Crippen LogP contribution in [0.3, 0.4) is 0 Å². The summed E-state index contributed by atoms with van der Waals surface area (Å²) < 4.78 is 9.67. The fourth-order valence-electron chi connectivity index (χ4n) is 1.37. The maximum Gasteiger partial charge on any atom is 0.184 e. The van der Waals surface area contributed by atoms with Gasteiger partial charge < -0.3 is 30.5 Å². The van der Waals surface area contributed by atoms with E-state index in [-0.39, 0.29) is 6.54 Å². The summed E-state index contributed by atoms with van der Waals surface area (Å²) in [6, 6.07) is 0. The molecular formula is C7H15NO5. The van der Waals surface area contributed by atoms with Gasteiger partial charge in [-0.3, -0.25) is 0 Å². The van der Waals surface area contributed by atoms with Crippen molar-refractivity contribution in [1.29, 1.82) is 0 Å². The van der Waals surface area contributed by atoms with Gasteiger partial charge >= 0.3 is 0 Å². The number of rotatable bonds is 2. The molecule has 5 unspecified atom stereocenters. The van der Waals surface area contributed by atoms with Gasteiger partial charge in [-0.05, 0) is 0 Å². The van der Waals surface area contributed by atoms with Crippen molar-refractivity contribution in [2.45, 2.75) is 30.7 Å². The van der Waals surface area contributed by atoms with E-state index in [1.807, 2.05) is 0 Å². The van der Waals surface area contributed by atoms with Crippen molar-refractivity contribution in [1.82, 2.24) is 0 Å². The lowest BCUT2D eigenvalue weighted by molar-refractivity contribution is -0.284. The molecule has 6 nitrogen and oxygen atoms in total. The first-order valence-corrected chi connectivity index (χ1v) is 4.04. The quantitative estimate of drug-likeness (QED) is 0.383. The predicted octanol–water partition coefficient (Wildman–Crippen LogP) is -2.60. The smallest absolute Gasteiger partial charge is 0.184 e. The molecule has 0 aromatic carbocycles. The second-order valence-electron chi connectivity index (χ2n) is 2.98. The third kappa shape index (κ3) is 1.98. The van der Waals surface area contributed by atoms with Gasteiger partial charge in [-0.2, -0.15) is 0 Å². The molecule has 0 aromatic rings. The van der Waals surface area contributed by atoms with Crippen LogP contribution in [-0.4, -0.2) is 59.7 Å². The summed E-state index contributed by atoms with van der Waals surface area (Å²) in [4.78, 5) is 0. The van der Waals surface area contributed by atoms with Crippen molar-refractivity contribution in [3.63, 3.8) is 0 Å². The van der Waals surface area contributed by atoms with E-state index in [0.717, 1.165) is 0 Å². The highest BCUT2D eigenvalue weighted by atomic mass is 16.7. The monoisotopic (exact) mass is 193 g/mol. The van der Waals surface area contributed by atoms with Gasteiger partial charge in [-0.15, -0.1) is 0 Å². The molecule has 5 N–H and O–H groups in total. The number of methoxy groups -OCH3 is 1. The first kappa shape index (κ1) is 10.8. The van der Waals surface area contributed by atoms with Crippen LogP contribution in [0.25, 0.3) is 0 Å². The van der Waals surface area contributed by atoms with E-state index >= 15 is 0 Å². The molecule has 1 aliphatic rings. The Hall–Kier alpha value is -0.240. The lowest BCUT2D eigenvalue weighted by Crippen LogP contribution is -2.59. The first-order valence-electron chi connectivity index (χ1n) is 4.04. The standard InChI is InChI=1S/C7H15NO5/c1-12-6-5(10)4(9)3(2-8)13-7(6)11/h3-7,9-11H,2,8H2,1H3. The Kier molecular flexibility index (Phi) is 3.60. The number of hydrogen-bond donors (Lipinski definition) is 4. The summed E-state index contributed by atoms with van der Waals surface area (Å²) in [5.41, 5.74) is 5.26. The van der Waals surface area contributed by atoms with Gasteiger partial charge in [0.15, 0.2) is 6.29 Å². The molecule has 5 atom stereocenters. The molecule has 1 saturated heterocycles. The van der Waals surface area contributed by atoms with Crippen molar-refractivity contribution < 1.29 is 24.8 Å². The molecule has 0 aromatic heterocycles. The van der Waals surface area contributed by atoms with Crippen molar-refractivity contribution in [2.75, 3.05) is 13.7 Å². The second kappa shape index (κ2) is 4.32. The third-order valence-electron chi connectivity index (χ3n) is 2.17. The number of aliphatic hydroxyl groups is 3. The Morgan fingerprint density at radius 1 is 1.31 bits per heavy atom. The minimum absolute atomic E-state index is 0.0335. The topological polar surface area (TPSA) is 105 Å². The number of hydrogen-bond acceptors (Lipinski definition) is 6. The van der Waals surface area contributed by atoms with E-state index in [1.54, 1.807) is 0 Å². The van der Waals surface area contributed by atoms with Crippen LogP contribution >= 0.6 is 0 Å². The van der Waals surface area contributed by atoms with Crippen molar-refractivity contribution >= 4 is 0 Å². The van der Waals surface area contributed by atoms with Crippen LogP contribution in [0.4, 0.5) is 0 Å². The minimum atomic E-state index is -1.25. The average molecular weight is 193 g/mol. The van der Waals surface area contributed by atoms with Gasteiger partial charge in [0.2, 0.25) is 0 Å². The molecule has 1 heterocycles. The van der Waals surface area contributed by atoms with Gasteiger partial charge in [0.25, 0.3) is 0 Å². The van der Waals surface area contributed by atoms with E-state index in [0.29, 0.717) is 0 Å². The zero-order valence-corrected chi connectivity index (χ0v) is 7.33. The van der Waals surface area contributed by atoms with Gasteiger partial charge in [0, 0.05) is 13.7 Å². The largest absolute Gasteiger partial charge is 0.388 e. The van der Waals surface area contributed by atoms with E-state index < -0.39 is 30.7 Å². The van der Waals surface area contributed by atoms with Crippen LogP contribution in [0.1, 0.15) is 0 Å². The summed E-state index contributed by atoms with van der Waals surface area (Å²) in [5.74, 6) is 0. The van der Waals surface area contributed by atoms with Crippen LogP contribution in [-0.2, 0) is 9.47 Å². The SMILES string of the molecule is COC1C(O)OC(CN)C(O)C1O. The van der Waals surface area contributed by atoms with E-state index in [9.17, 15) is 15.3 Å². The first-order chi connectivity index (χ1) is 6.11. The van der Waals surface area contributed by atoms with E-state index in [4.69, 9.17) is 15.2 Å². The molecular weight excluding hydrogens is 178 g/mol. The summed E-state index contributed by atoms with van der Waals surface area (Å²) in [5, 5.41) is 28.1. The maximum absolute atomic E-state index is 9.44. The van der Waals surface area contributed by atoms with Crippen LogP contribution in [0, 0.1) is 0 Å². The fraction of sp³-hybridized carbons (Fsp3) is 1.00. The Morgan fingerprint density at radius 3 is 2.38 bits per heavy atom.